The van der Waals surface area contributed by atoms with Gasteiger partial charge in [-0.1, -0.05) is 12.1 Å². The van der Waals surface area contributed by atoms with Gasteiger partial charge in [-0.2, -0.15) is 5.10 Å². The molecule has 114 valence electrons. The van der Waals surface area contributed by atoms with Crippen LogP contribution in [0.2, 0.25) is 0 Å². The summed E-state index contributed by atoms with van der Waals surface area (Å²) in [7, 11) is 1.90. The summed E-state index contributed by atoms with van der Waals surface area (Å²) < 4.78 is 1.81. The quantitative estimate of drug-likeness (QED) is 0.780. The zero-order chi connectivity index (χ0) is 15.9. The van der Waals surface area contributed by atoms with Crippen molar-refractivity contribution in [2.45, 2.75) is 26.8 Å². The van der Waals surface area contributed by atoms with Crippen LogP contribution >= 0.6 is 0 Å². The van der Waals surface area contributed by atoms with Crippen LogP contribution in [0.25, 0.3) is 10.9 Å². The van der Waals surface area contributed by atoms with Gasteiger partial charge in [-0.15, -0.1) is 0 Å². The first kappa shape index (κ1) is 14.4. The smallest absolute Gasteiger partial charge is 0.268 e. The van der Waals surface area contributed by atoms with Crippen LogP contribution in [0.1, 0.15) is 40.3 Å². The largest absolute Gasteiger partial charge is 0.351 e. The summed E-state index contributed by atoms with van der Waals surface area (Å²) >= 11 is 0. The van der Waals surface area contributed by atoms with Gasteiger partial charge < -0.3 is 10.3 Å². The van der Waals surface area contributed by atoms with Crippen LogP contribution in [0.3, 0.4) is 0 Å². The number of aromatic amines is 1. The number of benzene rings is 1. The minimum atomic E-state index is -0.107. The summed E-state index contributed by atoms with van der Waals surface area (Å²) in [5.74, 6) is -0.107. The molecule has 1 aromatic carbocycles. The number of hydrogen-bond acceptors (Lipinski definition) is 2. The molecule has 0 unspecified atom stereocenters. The van der Waals surface area contributed by atoms with E-state index in [4.69, 9.17) is 0 Å². The fourth-order valence-corrected chi connectivity index (χ4v) is 2.66. The molecule has 2 heterocycles. The number of carbonyl (C=O) groups excluding carboxylic acids is 1. The molecule has 2 N–H and O–H groups in total. The van der Waals surface area contributed by atoms with Crippen LogP contribution in [0, 0.1) is 13.8 Å². The van der Waals surface area contributed by atoms with Gasteiger partial charge in [0.1, 0.15) is 5.69 Å². The summed E-state index contributed by atoms with van der Waals surface area (Å²) in [6.45, 7) is 6.00. The molecule has 0 fully saturated rings. The van der Waals surface area contributed by atoms with Crippen molar-refractivity contribution in [2.75, 3.05) is 0 Å². The lowest BCUT2D eigenvalue weighted by atomic mass is 10.1. The molecule has 0 spiro atoms. The number of H-pyrrole nitrogens is 1. The molecule has 0 radical (unpaired) electrons. The van der Waals surface area contributed by atoms with Crippen molar-refractivity contribution in [3.05, 3.63) is 53.0 Å². The molecular weight excluding hydrogens is 276 g/mol. The van der Waals surface area contributed by atoms with Crippen molar-refractivity contribution in [3.63, 3.8) is 0 Å². The number of nitrogens with zero attached hydrogens (tertiary/aromatic N) is 2. The van der Waals surface area contributed by atoms with E-state index in [0.717, 1.165) is 22.2 Å². The molecule has 0 aliphatic heterocycles. The number of aromatic nitrogens is 3. The van der Waals surface area contributed by atoms with E-state index in [1.54, 1.807) is 6.20 Å². The molecule has 0 bridgehead atoms. The number of rotatable bonds is 3. The predicted octanol–water partition coefficient (Wildman–Crippen LogP) is 3.01. The highest BCUT2D eigenvalue weighted by atomic mass is 16.1. The van der Waals surface area contributed by atoms with Crippen LogP contribution in [-0.4, -0.2) is 20.7 Å². The van der Waals surface area contributed by atoms with Crippen LogP contribution in [0.4, 0.5) is 0 Å². The number of aryl methyl sites for hydroxylation is 2. The van der Waals surface area contributed by atoms with Crippen molar-refractivity contribution in [3.8, 4) is 0 Å². The highest BCUT2D eigenvalue weighted by Crippen LogP contribution is 2.19. The van der Waals surface area contributed by atoms with E-state index >= 15 is 0 Å². The average Bonchev–Trinajstić information content (AvgIpc) is 3.03. The fourth-order valence-electron chi connectivity index (χ4n) is 2.66. The second-order valence-corrected chi connectivity index (χ2v) is 5.78. The van der Waals surface area contributed by atoms with E-state index in [9.17, 15) is 4.79 Å². The number of amides is 1. The van der Waals surface area contributed by atoms with Crippen LogP contribution in [0.15, 0.2) is 30.5 Å². The Morgan fingerprint density at radius 2 is 2.09 bits per heavy atom. The summed E-state index contributed by atoms with van der Waals surface area (Å²) in [6.07, 6.45) is 1.80. The Bertz CT molecular complexity index is 844. The number of carbonyl (C=O) groups is 1. The summed E-state index contributed by atoms with van der Waals surface area (Å²) in [4.78, 5) is 15.6. The molecule has 0 aliphatic carbocycles. The molecule has 5 nitrogen and oxygen atoms in total. The van der Waals surface area contributed by atoms with Gasteiger partial charge in [0.05, 0.1) is 12.2 Å². The van der Waals surface area contributed by atoms with Gasteiger partial charge >= 0.3 is 0 Å². The lowest BCUT2D eigenvalue weighted by Crippen LogP contribution is -2.27. The minimum Gasteiger partial charge on any atom is -0.351 e. The number of nitrogens with one attached hydrogen (secondary N) is 2. The summed E-state index contributed by atoms with van der Waals surface area (Å²) in [5.41, 5.74) is 4.81. The molecule has 0 saturated carbocycles. The van der Waals surface area contributed by atoms with E-state index in [2.05, 4.69) is 15.4 Å². The second-order valence-electron chi connectivity index (χ2n) is 5.78. The van der Waals surface area contributed by atoms with Crippen molar-refractivity contribution in [1.29, 1.82) is 0 Å². The lowest BCUT2D eigenvalue weighted by Gasteiger charge is -2.13. The molecule has 5 heteroatoms. The maximum atomic E-state index is 12.4. The lowest BCUT2D eigenvalue weighted by molar-refractivity contribution is 0.0935. The Labute approximate surface area is 129 Å². The van der Waals surface area contributed by atoms with E-state index in [1.807, 2.05) is 56.8 Å². The van der Waals surface area contributed by atoms with E-state index in [1.165, 1.54) is 5.56 Å². The molecule has 3 aromatic rings. The second kappa shape index (κ2) is 5.33. The highest BCUT2D eigenvalue weighted by molar-refractivity contribution is 5.98. The van der Waals surface area contributed by atoms with Crippen molar-refractivity contribution in [1.82, 2.24) is 20.1 Å². The average molecular weight is 296 g/mol. The SMILES string of the molecule is Cc1ccc2cc(C(=O)N[C@@H](C)c3cnn(C)c3C)[nH]c2c1. The Balaban J connectivity index is 1.82. The molecule has 0 aliphatic rings. The molecule has 22 heavy (non-hydrogen) atoms. The first-order valence-electron chi connectivity index (χ1n) is 7.34. The van der Waals surface area contributed by atoms with Crippen molar-refractivity contribution in [2.24, 2.45) is 7.05 Å². The van der Waals surface area contributed by atoms with Gasteiger partial charge in [0.25, 0.3) is 5.91 Å². The van der Waals surface area contributed by atoms with E-state index in [0.29, 0.717) is 5.69 Å². The maximum absolute atomic E-state index is 12.4. The van der Waals surface area contributed by atoms with Crippen molar-refractivity contribution < 1.29 is 4.79 Å². The Hall–Kier alpha value is -2.56. The third-order valence-corrected chi connectivity index (χ3v) is 4.11. The predicted molar refractivity (Wildman–Crippen MR) is 86.9 cm³/mol. The van der Waals surface area contributed by atoms with Gasteiger partial charge in [-0.25, -0.2) is 0 Å². The highest BCUT2D eigenvalue weighted by Gasteiger charge is 2.16. The minimum absolute atomic E-state index is 0.0886. The standard InChI is InChI=1S/C17H20N4O/c1-10-5-6-13-8-16(20-15(13)7-10)17(22)19-11(2)14-9-18-21(4)12(14)3/h5-9,11,20H,1-4H3,(H,19,22)/t11-/m0/s1. The number of hydrogen-bond donors (Lipinski definition) is 2. The monoisotopic (exact) mass is 296 g/mol. The molecule has 1 atom stereocenters. The van der Waals surface area contributed by atoms with Crippen LogP contribution < -0.4 is 5.32 Å². The summed E-state index contributed by atoms with van der Waals surface area (Å²) in [5, 5.41) is 8.28. The van der Waals surface area contributed by atoms with Crippen molar-refractivity contribution >= 4 is 16.8 Å². The fraction of sp³-hybridized carbons (Fsp3) is 0.294. The first-order chi connectivity index (χ1) is 10.5. The Morgan fingerprint density at radius 1 is 1.32 bits per heavy atom. The Kier molecular flexibility index (Phi) is 3.48. The Morgan fingerprint density at radius 3 is 2.77 bits per heavy atom. The summed E-state index contributed by atoms with van der Waals surface area (Å²) in [6, 6.07) is 7.90. The van der Waals surface area contributed by atoms with Gasteiger partial charge in [-0.3, -0.25) is 9.48 Å². The molecule has 1 amide bonds. The molecule has 2 aromatic heterocycles. The third kappa shape index (κ3) is 2.50. The van der Waals surface area contributed by atoms with Gasteiger partial charge in [0, 0.05) is 29.2 Å². The van der Waals surface area contributed by atoms with Gasteiger partial charge in [-0.05, 0) is 38.5 Å². The molecule has 3 rings (SSSR count). The van der Waals surface area contributed by atoms with E-state index in [-0.39, 0.29) is 11.9 Å². The zero-order valence-corrected chi connectivity index (χ0v) is 13.3. The van der Waals surface area contributed by atoms with E-state index < -0.39 is 0 Å². The third-order valence-electron chi connectivity index (χ3n) is 4.11. The zero-order valence-electron chi connectivity index (χ0n) is 13.3. The van der Waals surface area contributed by atoms with Gasteiger partial charge in [0.2, 0.25) is 0 Å². The normalized spacial score (nSPS) is 12.5. The topological polar surface area (TPSA) is 62.7 Å². The molecule has 0 saturated heterocycles. The van der Waals surface area contributed by atoms with Crippen LogP contribution in [-0.2, 0) is 7.05 Å². The van der Waals surface area contributed by atoms with Crippen LogP contribution in [0.5, 0.6) is 0 Å². The number of fused-ring (bicyclic) bond motifs is 1. The molecular formula is C17H20N4O. The first-order valence-corrected chi connectivity index (χ1v) is 7.34. The maximum Gasteiger partial charge on any atom is 0.268 e. The van der Waals surface area contributed by atoms with Gasteiger partial charge in [0.15, 0.2) is 0 Å².